The smallest absolute Gasteiger partial charge is 0.237 e. The fourth-order valence-corrected chi connectivity index (χ4v) is 3.60. The summed E-state index contributed by atoms with van der Waals surface area (Å²) < 4.78 is 0. The van der Waals surface area contributed by atoms with Crippen LogP contribution in [-0.2, 0) is 11.3 Å². The standard InChI is InChI=1S/C17H21ClN4OS/c1-13(16(23)20-12-14-2-4-15(18)5-3-14)21-7-9-22(10-8-21)17-19-6-11-24-17/h2-6,11,13H,7-10,12H2,1H3,(H,20,23). The van der Waals surface area contributed by atoms with Crippen LogP contribution in [0, 0.1) is 0 Å². The minimum Gasteiger partial charge on any atom is -0.351 e. The number of amides is 1. The van der Waals surface area contributed by atoms with Crippen LogP contribution in [0.4, 0.5) is 5.13 Å². The number of benzene rings is 1. The lowest BCUT2D eigenvalue weighted by Gasteiger charge is -2.37. The van der Waals surface area contributed by atoms with Gasteiger partial charge in [-0.3, -0.25) is 9.69 Å². The van der Waals surface area contributed by atoms with Gasteiger partial charge in [0.2, 0.25) is 5.91 Å². The number of halogens is 1. The highest BCUT2D eigenvalue weighted by Gasteiger charge is 2.26. The zero-order valence-corrected chi connectivity index (χ0v) is 15.2. The molecule has 0 aliphatic carbocycles. The lowest BCUT2D eigenvalue weighted by atomic mass is 10.2. The molecule has 1 fully saturated rings. The van der Waals surface area contributed by atoms with Gasteiger partial charge in [0.25, 0.3) is 0 Å². The zero-order valence-electron chi connectivity index (χ0n) is 13.6. The summed E-state index contributed by atoms with van der Waals surface area (Å²) in [5.41, 5.74) is 1.05. The van der Waals surface area contributed by atoms with Gasteiger partial charge in [0.1, 0.15) is 0 Å². The van der Waals surface area contributed by atoms with Crippen LogP contribution >= 0.6 is 22.9 Å². The Morgan fingerprint density at radius 2 is 2.00 bits per heavy atom. The molecule has 1 atom stereocenters. The number of nitrogens with one attached hydrogen (secondary N) is 1. The highest BCUT2D eigenvalue weighted by molar-refractivity contribution is 7.13. The molecule has 0 radical (unpaired) electrons. The van der Waals surface area contributed by atoms with Gasteiger partial charge >= 0.3 is 0 Å². The van der Waals surface area contributed by atoms with Gasteiger partial charge < -0.3 is 10.2 Å². The highest BCUT2D eigenvalue weighted by Crippen LogP contribution is 2.19. The molecule has 1 N–H and O–H groups in total. The van der Waals surface area contributed by atoms with Crippen LogP contribution < -0.4 is 10.2 Å². The second-order valence-corrected chi connectivity index (χ2v) is 7.17. The summed E-state index contributed by atoms with van der Waals surface area (Å²) in [5.74, 6) is 0.0626. The first-order chi connectivity index (χ1) is 11.6. The highest BCUT2D eigenvalue weighted by atomic mass is 35.5. The van der Waals surface area contributed by atoms with Crippen molar-refractivity contribution in [2.24, 2.45) is 0 Å². The normalized spacial score (nSPS) is 16.8. The van der Waals surface area contributed by atoms with Crippen molar-refractivity contribution < 1.29 is 4.79 Å². The molecule has 128 valence electrons. The summed E-state index contributed by atoms with van der Waals surface area (Å²) in [6, 6.07) is 7.41. The average Bonchev–Trinajstić information content (AvgIpc) is 3.15. The van der Waals surface area contributed by atoms with Crippen molar-refractivity contribution in [1.29, 1.82) is 0 Å². The number of nitrogens with zero attached hydrogens (tertiary/aromatic N) is 3. The van der Waals surface area contributed by atoms with Crippen molar-refractivity contribution in [2.45, 2.75) is 19.5 Å². The van der Waals surface area contributed by atoms with E-state index in [2.05, 4.69) is 20.1 Å². The molecule has 1 aliphatic rings. The van der Waals surface area contributed by atoms with Crippen LogP contribution in [0.25, 0.3) is 0 Å². The molecule has 2 heterocycles. The summed E-state index contributed by atoms with van der Waals surface area (Å²) in [5, 5.41) is 6.77. The Morgan fingerprint density at radius 3 is 2.62 bits per heavy atom. The van der Waals surface area contributed by atoms with Crippen molar-refractivity contribution in [2.75, 3.05) is 31.1 Å². The summed E-state index contributed by atoms with van der Waals surface area (Å²) in [7, 11) is 0. The molecule has 0 spiro atoms. The van der Waals surface area contributed by atoms with E-state index in [9.17, 15) is 4.79 Å². The van der Waals surface area contributed by atoms with E-state index in [0.29, 0.717) is 11.6 Å². The Balaban J connectivity index is 1.46. The van der Waals surface area contributed by atoms with E-state index in [1.54, 1.807) is 11.3 Å². The summed E-state index contributed by atoms with van der Waals surface area (Å²) in [6.07, 6.45) is 1.83. The molecule has 0 bridgehead atoms. The number of hydrogen-bond acceptors (Lipinski definition) is 5. The van der Waals surface area contributed by atoms with Crippen LogP contribution in [0.3, 0.4) is 0 Å². The topological polar surface area (TPSA) is 48.5 Å². The maximum atomic E-state index is 12.4. The quantitative estimate of drug-likeness (QED) is 0.886. The van der Waals surface area contributed by atoms with Gasteiger partial charge in [-0.25, -0.2) is 4.98 Å². The van der Waals surface area contributed by atoms with Gasteiger partial charge in [-0.05, 0) is 24.6 Å². The van der Waals surface area contributed by atoms with Crippen molar-refractivity contribution in [1.82, 2.24) is 15.2 Å². The second kappa shape index (κ2) is 7.96. The molecule has 1 unspecified atom stereocenters. The van der Waals surface area contributed by atoms with Gasteiger partial charge in [-0.1, -0.05) is 23.7 Å². The molecule has 2 aromatic rings. The van der Waals surface area contributed by atoms with Crippen LogP contribution in [0.1, 0.15) is 12.5 Å². The van der Waals surface area contributed by atoms with E-state index in [1.165, 1.54) is 0 Å². The number of thiazole rings is 1. The number of rotatable bonds is 5. The third-order valence-electron chi connectivity index (χ3n) is 4.31. The van der Waals surface area contributed by atoms with Crippen molar-refractivity contribution in [3.63, 3.8) is 0 Å². The first-order valence-corrected chi connectivity index (χ1v) is 9.30. The van der Waals surface area contributed by atoms with Crippen molar-refractivity contribution in [3.05, 3.63) is 46.4 Å². The maximum absolute atomic E-state index is 12.4. The fourth-order valence-electron chi connectivity index (χ4n) is 2.78. The number of piperazine rings is 1. The zero-order chi connectivity index (χ0) is 16.9. The van der Waals surface area contributed by atoms with E-state index in [0.717, 1.165) is 36.9 Å². The molecule has 7 heteroatoms. The largest absolute Gasteiger partial charge is 0.351 e. The summed E-state index contributed by atoms with van der Waals surface area (Å²) in [6.45, 7) is 6.05. The molecular weight excluding hydrogens is 344 g/mol. The SMILES string of the molecule is CC(C(=O)NCc1ccc(Cl)cc1)N1CCN(c2nccs2)CC1. The van der Waals surface area contributed by atoms with Gasteiger partial charge in [0.15, 0.2) is 5.13 Å². The fraction of sp³-hybridized carbons (Fsp3) is 0.412. The number of carbonyl (C=O) groups excluding carboxylic acids is 1. The van der Waals surface area contributed by atoms with E-state index >= 15 is 0 Å². The molecule has 1 aromatic heterocycles. The Morgan fingerprint density at radius 1 is 1.29 bits per heavy atom. The predicted octanol–water partition coefficient (Wildman–Crippen LogP) is 2.62. The molecule has 24 heavy (non-hydrogen) atoms. The van der Waals surface area contributed by atoms with E-state index in [1.807, 2.05) is 42.8 Å². The van der Waals surface area contributed by atoms with Crippen LogP contribution in [0.5, 0.6) is 0 Å². The lowest BCUT2D eigenvalue weighted by molar-refractivity contribution is -0.126. The van der Waals surface area contributed by atoms with E-state index < -0.39 is 0 Å². The lowest BCUT2D eigenvalue weighted by Crippen LogP contribution is -2.53. The monoisotopic (exact) mass is 364 g/mol. The second-order valence-electron chi connectivity index (χ2n) is 5.86. The number of anilines is 1. The molecular formula is C17H21ClN4OS. The van der Waals surface area contributed by atoms with Gasteiger partial charge in [0.05, 0.1) is 6.04 Å². The Kier molecular flexibility index (Phi) is 5.71. The first-order valence-electron chi connectivity index (χ1n) is 8.04. The third-order valence-corrected chi connectivity index (χ3v) is 5.40. The number of carbonyl (C=O) groups is 1. The van der Waals surface area contributed by atoms with Crippen LogP contribution in [0.15, 0.2) is 35.8 Å². The molecule has 5 nitrogen and oxygen atoms in total. The van der Waals surface area contributed by atoms with Crippen molar-refractivity contribution >= 4 is 34.0 Å². The van der Waals surface area contributed by atoms with Gasteiger partial charge in [-0.2, -0.15) is 0 Å². The minimum atomic E-state index is -0.129. The number of aromatic nitrogens is 1. The van der Waals surface area contributed by atoms with Crippen molar-refractivity contribution in [3.8, 4) is 0 Å². The molecule has 1 amide bonds. The molecule has 1 aliphatic heterocycles. The molecule has 3 rings (SSSR count). The van der Waals surface area contributed by atoms with Gasteiger partial charge in [-0.15, -0.1) is 11.3 Å². The molecule has 1 aromatic carbocycles. The third kappa shape index (κ3) is 4.26. The average molecular weight is 365 g/mol. The Labute approximate surface area is 151 Å². The summed E-state index contributed by atoms with van der Waals surface area (Å²) >= 11 is 7.53. The predicted molar refractivity (Wildman–Crippen MR) is 98.7 cm³/mol. The Hall–Kier alpha value is -1.63. The maximum Gasteiger partial charge on any atom is 0.237 e. The summed E-state index contributed by atoms with van der Waals surface area (Å²) in [4.78, 5) is 21.2. The Bertz CT molecular complexity index is 654. The molecule has 0 saturated carbocycles. The van der Waals surface area contributed by atoms with E-state index in [-0.39, 0.29) is 11.9 Å². The number of hydrogen-bond donors (Lipinski definition) is 1. The van der Waals surface area contributed by atoms with E-state index in [4.69, 9.17) is 11.6 Å². The molecule has 1 saturated heterocycles. The van der Waals surface area contributed by atoms with Crippen LogP contribution in [-0.4, -0.2) is 48.0 Å². The van der Waals surface area contributed by atoms with Gasteiger partial charge in [0, 0.05) is 49.3 Å². The minimum absolute atomic E-state index is 0.0626. The van der Waals surface area contributed by atoms with Crippen LogP contribution in [0.2, 0.25) is 5.02 Å². The first kappa shape index (κ1) is 17.2.